The van der Waals surface area contributed by atoms with Crippen molar-refractivity contribution in [2.75, 3.05) is 33.4 Å². The summed E-state index contributed by atoms with van der Waals surface area (Å²) in [6, 6.07) is 8.13. The minimum absolute atomic E-state index is 0. The van der Waals surface area contributed by atoms with E-state index in [4.69, 9.17) is 14.1 Å². The van der Waals surface area contributed by atoms with Crippen molar-refractivity contribution in [2.45, 2.75) is 19.4 Å². The van der Waals surface area contributed by atoms with E-state index in [1.165, 1.54) is 5.69 Å². The van der Waals surface area contributed by atoms with Crippen molar-refractivity contribution in [3.05, 3.63) is 48.2 Å². The highest BCUT2D eigenvalue weighted by Gasteiger charge is 2.16. The van der Waals surface area contributed by atoms with Gasteiger partial charge in [0.05, 0.1) is 19.4 Å². The van der Waals surface area contributed by atoms with Gasteiger partial charge in [0.15, 0.2) is 5.96 Å². The number of aliphatic imine (C=N–C) groups is 1. The van der Waals surface area contributed by atoms with E-state index in [1.807, 2.05) is 12.1 Å². The quantitative estimate of drug-likeness (QED) is 0.383. The van der Waals surface area contributed by atoms with E-state index < -0.39 is 0 Å². The van der Waals surface area contributed by atoms with Crippen LogP contribution in [0.3, 0.4) is 0 Å². The molecule has 0 aromatic carbocycles. The number of hydrogen-bond donors (Lipinski definition) is 1. The van der Waals surface area contributed by atoms with Gasteiger partial charge in [0.2, 0.25) is 0 Å². The second-order valence-corrected chi connectivity index (χ2v) is 6.62. The first kappa shape index (κ1) is 20.8. The van der Waals surface area contributed by atoms with Crippen LogP contribution >= 0.6 is 24.0 Å². The third kappa shape index (κ3) is 6.05. The van der Waals surface area contributed by atoms with Crippen LogP contribution in [0.5, 0.6) is 0 Å². The van der Waals surface area contributed by atoms with Gasteiger partial charge in [-0.1, -0.05) is 0 Å². The molecule has 0 radical (unpaired) electrons. The fourth-order valence-corrected chi connectivity index (χ4v) is 2.99. The van der Waals surface area contributed by atoms with Crippen molar-refractivity contribution in [3.63, 3.8) is 0 Å². The minimum Gasteiger partial charge on any atom is -0.469 e. The molecule has 2 aromatic rings. The Hall–Kier alpha value is -1.48. The van der Waals surface area contributed by atoms with Gasteiger partial charge in [-0.15, -0.1) is 24.0 Å². The first-order valence-corrected chi connectivity index (χ1v) is 8.92. The molecule has 7 heteroatoms. The molecule has 1 fully saturated rings. The Labute approximate surface area is 172 Å². The van der Waals surface area contributed by atoms with Gasteiger partial charge in [0.1, 0.15) is 5.76 Å². The number of ether oxygens (including phenoxy) is 1. The van der Waals surface area contributed by atoms with Gasteiger partial charge in [0, 0.05) is 58.0 Å². The van der Waals surface area contributed by atoms with E-state index in [2.05, 4.69) is 47.2 Å². The fourth-order valence-electron chi connectivity index (χ4n) is 2.99. The van der Waals surface area contributed by atoms with Crippen LogP contribution in [0.15, 0.2) is 46.1 Å². The van der Waals surface area contributed by atoms with Crippen molar-refractivity contribution >= 4 is 29.9 Å². The summed E-state index contributed by atoms with van der Waals surface area (Å²) in [4.78, 5) is 7.02. The largest absolute Gasteiger partial charge is 0.469 e. The van der Waals surface area contributed by atoms with Crippen LogP contribution in [0.2, 0.25) is 0 Å². The van der Waals surface area contributed by atoms with Crippen LogP contribution in [0.1, 0.15) is 17.9 Å². The summed E-state index contributed by atoms with van der Waals surface area (Å²) in [5.41, 5.74) is 1.26. The molecule has 1 unspecified atom stereocenters. The van der Waals surface area contributed by atoms with E-state index in [-0.39, 0.29) is 24.0 Å². The van der Waals surface area contributed by atoms with Gasteiger partial charge < -0.3 is 23.9 Å². The summed E-state index contributed by atoms with van der Waals surface area (Å²) in [6.07, 6.45) is 5.73. The summed E-state index contributed by atoms with van der Waals surface area (Å²) in [7, 11) is 4.15. The van der Waals surface area contributed by atoms with Crippen molar-refractivity contribution in [1.82, 2.24) is 14.8 Å². The molecule has 1 saturated heterocycles. The first-order chi connectivity index (χ1) is 12.2. The normalized spacial score (nSPS) is 17.2. The predicted octanol–water partition coefficient (Wildman–Crippen LogP) is 2.89. The lowest BCUT2D eigenvalue weighted by molar-refractivity contribution is 0.187. The van der Waals surface area contributed by atoms with Crippen molar-refractivity contribution < 1.29 is 9.15 Å². The zero-order valence-electron chi connectivity index (χ0n) is 15.6. The summed E-state index contributed by atoms with van der Waals surface area (Å²) in [5, 5.41) is 3.48. The summed E-state index contributed by atoms with van der Waals surface area (Å²) in [5.74, 6) is 2.45. The molecule has 3 rings (SSSR count). The second kappa shape index (κ2) is 10.6. The molecule has 6 nitrogen and oxygen atoms in total. The average Bonchev–Trinajstić information content (AvgIpc) is 3.35. The number of furan rings is 1. The van der Waals surface area contributed by atoms with Gasteiger partial charge in [-0.25, -0.2) is 0 Å². The Morgan fingerprint density at radius 3 is 2.92 bits per heavy atom. The van der Waals surface area contributed by atoms with Gasteiger partial charge in [-0.2, -0.15) is 0 Å². The van der Waals surface area contributed by atoms with Gasteiger partial charge in [0.25, 0.3) is 0 Å². The standard InChI is InChI=1S/C19H28N4O2.HI/c1-22-10-3-5-17(22)14-23(2)19(21-13-16-8-12-24-15-16)20-9-7-18-6-4-11-25-18;/h3-6,10-11,16H,7-9,12-15H2,1-2H3,(H,20,21);1H. The number of halogens is 1. The number of aromatic nitrogens is 1. The topological polar surface area (TPSA) is 54.9 Å². The minimum atomic E-state index is 0. The van der Waals surface area contributed by atoms with Crippen molar-refractivity contribution in [3.8, 4) is 0 Å². The third-order valence-corrected chi connectivity index (χ3v) is 4.57. The van der Waals surface area contributed by atoms with Crippen LogP contribution in [-0.2, 0) is 24.8 Å². The maximum Gasteiger partial charge on any atom is 0.194 e. The van der Waals surface area contributed by atoms with Gasteiger partial charge >= 0.3 is 0 Å². The molecule has 0 aliphatic carbocycles. The molecule has 26 heavy (non-hydrogen) atoms. The van der Waals surface area contributed by atoms with Crippen LogP contribution in [-0.4, -0.2) is 48.8 Å². The third-order valence-electron chi connectivity index (χ3n) is 4.57. The molecule has 0 bridgehead atoms. The highest BCUT2D eigenvalue weighted by molar-refractivity contribution is 14.0. The van der Waals surface area contributed by atoms with E-state index in [1.54, 1.807) is 6.26 Å². The molecular formula is C19H29IN4O2. The molecule has 3 heterocycles. The maximum atomic E-state index is 5.46. The summed E-state index contributed by atoms with van der Waals surface area (Å²) < 4.78 is 13.0. The molecule has 144 valence electrons. The van der Waals surface area contributed by atoms with E-state index in [0.29, 0.717) is 5.92 Å². The molecule has 2 aromatic heterocycles. The highest BCUT2D eigenvalue weighted by Crippen LogP contribution is 2.13. The van der Waals surface area contributed by atoms with E-state index in [0.717, 1.165) is 57.4 Å². The Morgan fingerprint density at radius 2 is 2.27 bits per heavy atom. The predicted molar refractivity (Wildman–Crippen MR) is 114 cm³/mol. The maximum absolute atomic E-state index is 5.46. The Balaban J connectivity index is 0.00000243. The van der Waals surface area contributed by atoms with Gasteiger partial charge in [-0.05, 0) is 30.7 Å². The molecule has 1 aliphatic rings. The van der Waals surface area contributed by atoms with Gasteiger partial charge in [-0.3, -0.25) is 4.99 Å². The number of aryl methyl sites for hydroxylation is 1. The number of hydrogen-bond acceptors (Lipinski definition) is 3. The zero-order valence-corrected chi connectivity index (χ0v) is 17.9. The first-order valence-electron chi connectivity index (χ1n) is 8.92. The summed E-state index contributed by atoms with van der Waals surface area (Å²) in [6.45, 7) is 4.11. The Bertz CT molecular complexity index is 663. The molecule has 0 amide bonds. The molecule has 0 spiro atoms. The number of guanidine groups is 1. The van der Waals surface area contributed by atoms with Crippen molar-refractivity contribution in [2.24, 2.45) is 18.0 Å². The van der Waals surface area contributed by atoms with Crippen molar-refractivity contribution in [1.29, 1.82) is 0 Å². The summed E-state index contributed by atoms with van der Waals surface area (Å²) >= 11 is 0. The number of rotatable bonds is 7. The van der Waals surface area contributed by atoms with Crippen LogP contribution in [0.4, 0.5) is 0 Å². The molecule has 1 N–H and O–H groups in total. The van der Waals surface area contributed by atoms with E-state index >= 15 is 0 Å². The fraction of sp³-hybridized carbons (Fsp3) is 0.526. The number of nitrogens with zero attached hydrogens (tertiary/aromatic N) is 3. The molecular weight excluding hydrogens is 443 g/mol. The zero-order chi connectivity index (χ0) is 17.5. The monoisotopic (exact) mass is 472 g/mol. The Morgan fingerprint density at radius 1 is 1.38 bits per heavy atom. The highest BCUT2D eigenvalue weighted by atomic mass is 127. The lowest BCUT2D eigenvalue weighted by Gasteiger charge is -2.23. The Kier molecular flexibility index (Phi) is 8.50. The van der Waals surface area contributed by atoms with Crippen LogP contribution in [0.25, 0.3) is 0 Å². The molecule has 0 saturated carbocycles. The SMILES string of the molecule is CN(Cc1cccn1C)C(=NCC1CCOC1)NCCc1ccco1.I. The second-order valence-electron chi connectivity index (χ2n) is 6.62. The number of nitrogens with one attached hydrogen (secondary N) is 1. The molecule has 1 atom stereocenters. The van der Waals surface area contributed by atoms with Crippen LogP contribution in [0, 0.1) is 5.92 Å². The average molecular weight is 472 g/mol. The lowest BCUT2D eigenvalue weighted by Crippen LogP contribution is -2.40. The van der Waals surface area contributed by atoms with E-state index in [9.17, 15) is 0 Å². The lowest BCUT2D eigenvalue weighted by atomic mass is 10.1. The van der Waals surface area contributed by atoms with Crippen LogP contribution < -0.4 is 5.32 Å². The smallest absolute Gasteiger partial charge is 0.194 e. The molecule has 1 aliphatic heterocycles.